The molecule has 0 bridgehead atoms. The predicted octanol–water partition coefficient (Wildman–Crippen LogP) is 3.24. The Morgan fingerprint density at radius 3 is 2.50 bits per heavy atom. The number of nitrogens with zero attached hydrogens (tertiary/aromatic N) is 1. The molecule has 1 aromatic rings. The number of hydrogen-bond acceptors (Lipinski definition) is 3. The average molecular weight is 279 g/mol. The number of halogens is 2. The number of nitrogens with one attached hydrogen (secondary N) is 1. The first-order valence-corrected chi connectivity index (χ1v) is 7.09. The van der Waals surface area contributed by atoms with Gasteiger partial charge in [-0.25, -0.2) is 0 Å². The first-order chi connectivity index (χ1) is 7.56. The van der Waals surface area contributed by atoms with E-state index in [1.54, 1.807) is 0 Å². The molecule has 1 aromatic heterocycles. The van der Waals surface area contributed by atoms with Crippen molar-refractivity contribution in [1.82, 2.24) is 10.2 Å². The van der Waals surface area contributed by atoms with Gasteiger partial charge >= 0.3 is 0 Å². The Balaban J connectivity index is 2.01. The molecular formula is C11H16Cl2N2S. The molecule has 0 spiro atoms. The van der Waals surface area contributed by atoms with Crippen molar-refractivity contribution in [2.75, 3.05) is 13.1 Å². The third kappa shape index (κ3) is 2.90. The zero-order valence-corrected chi connectivity index (χ0v) is 11.8. The highest BCUT2D eigenvalue weighted by Gasteiger charge is 2.22. The standard InChI is InChI=1S/C11H16Cl2N2S/c1-7-3-15(4-8(2)14-7)5-9-6-16-11(13)10(9)12/h6-8,14H,3-5H2,1-2H3. The van der Waals surface area contributed by atoms with Crippen LogP contribution in [0.15, 0.2) is 5.38 Å². The summed E-state index contributed by atoms with van der Waals surface area (Å²) in [6.45, 7) is 7.45. The van der Waals surface area contributed by atoms with Gasteiger partial charge in [0.15, 0.2) is 0 Å². The summed E-state index contributed by atoms with van der Waals surface area (Å²) in [5.41, 5.74) is 1.15. The Bertz CT molecular complexity index is 357. The quantitative estimate of drug-likeness (QED) is 0.894. The van der Waals surface area contributed by atoms with Crippen LogP contribution in [0, 0.1) is 0 Å². The summed E-state index contributed by atoms with van der Waals surface area (Å²) >= 11 is 13.6. The molecule has 90 valence electrons. The van der Waals surface area contributed by atoms with Gasteiger partial charge in [0.2, 0.25) is 0 Å². The third-order valence-electron chi connectivity index (χ3n) is 2.79. The molecule has 1 fully saturated rings. The highest BCUT2D eigenvalue weighted by Crippen LogP contribution is 2.33. The lowest BCUT2D eigenvalue weighted by atomic mass is 10.1. The topological polar surface area (TPSA) is 15.3 Å². The zero-order chi connectivity index (χ0) is 11.7. The third-order valence-corrected chi connectivity index (χ3v) is 4.70. The highest BCUT2D eigenvalue weighted by atomic mass is 35.5. The lowest BCUT2D eigenvalue weighted by molar-refractivity contribution is 0.167. The van der Waals surface area contributed by atoms with Crippen LogP contribution in [0.1, 0.15) is 19.4 Å². The minimum atomic E-state index is 0.539. The van der Waals surface area contributed by atoms with Gasteiger partial charge in [-0.3, -0.25) is 4.90 Å². The van der Waals surface area contributed by atoms with Crippen molar-refractivity contribution in [1.29, 1.82) is 0 Å². The van der Waals surface area contributed by atoms with E-state index in [1.165, 1.54) is 11.3 Å². The lowest BCUT2D eigenvalue weighted by Crippen LogP contribution is -2.53. The zero-order valence-electron chi connectivity index (χ0n) is 9.46. The molecule has 0 aromatic carbocycles. The molecule has 2 unspecified atom stereocenters. The molecule has 2 atom stereocenters. The van der Waals surface area contributed by atoms with E-state index in [0.29, 0.717) is 16.4 Å². The van der Waals surface area contributed by atoms with Gasteiger partial charge in [-0.05, 0) is 24.8 Å². The fourth-order valence-corrected chi connectivity index (χ4v) is 3.51. The van der Waals surface area contributed by atoms with Crippen LogP contribution in [-0.4, -0.2) is 30.1 Å². The van der Waals surface area contributed by atoms with Gasteiger partial charge in [0.1, 0.15) is 4.34 Å². The van der Waals surface area contributed by atoms with Crippen LogP contribution in [0.25, 0.3) is 0 Å². The first kappa shape index (κ1) is 12.7. The minimum absolute atomic E-state index is 0.539. The van der Waals surface area contributed by atoms with Crippen molar-refractivity contribution in [2.45, 2.75) is 32.5 Å². The molecule has 0 aliphatic carbocycles. The smallest absolute Gasteiger partial charge is 0.112 e. The van der Waals surface area contributed by atoms with E-state index in [4.69, 9.17) is 23.2 Å². The fourth-order valence-electron chi connectivity index (χ4n) is 2.27. The van der Waals surface area contributed by atoms with Crippen LogP contribution in [-0.2, 0) is 6.54 Å². The van der Waals surface area contributed by atoms with E-state index >= 15 is 0 Å². The van der Waals surface area contributed by atoms with E-state index in [-0.39, 0.29) is 0 Å². The SMILES string of the molecule is CC1CN(Cc2csc(Cl)c2Cl)CC(C)N1. The summed E-state index contributed by atoms with van der Waals surface area (Å²) in [5.74, 6) is 0. The van der Waals surface area contributed by atoms with E-state index in [1.807, 2.05) is 0 Å². The van der Waals surface area contributed by atoms with Gasteiger partial charge in [0.05, 0.1) is 5.02 Å². The molecule has 5 heteroatoms. The Morgan fingerprint density at radius 2 is 2.00 bits per heavy atom. The van der Waals surface area contributed by atoms with Gasteiger partial charge in [0, 0.05) is 31.7 Å². The Labute approximate surface area is 111 Å². The van der Waals surface area contributed by atoms with Crippen LogP contribution >= 0.6 is 34.5 Å². The summed E-state index contributed by atoms with van der Waals surface area (Å²) in [6, 6.07) is 1.08. The first-order valence-electron chi connectivity index (χ1n) is 5.46. The van der Waals surface area contributed by atoms with Gasteiger partial charge in [-0.1, -0.05) is 23.2 Å². The molecule has 2 heterocycles. The summed E-state index contributed by atoms with van der Waals surface area (Å²) in [7, 11) is 0. The molecule has 2 nitrogen and oxygen atoms in total. The van der Waals surface area contributed by atoms with Crippen LogP contribution in [0.3, 0.4) is 0 Å². The fraction of sp³-hybridized carbons (Fsp3) is 0.636. The van der Waals surface area contributed by atoms with Crippen molar-refractivity contribution in [2.24, 2.45) is 0 Å². The van der Waals surface area contributed by atoms with E-state index < -0.39 is 0 Å². The number of hydrogen-bond donors (Lipinski definition) is 1. The molecule has 1 N–H and O–H groups in total. The van der Waals surface area contributed by atoms with Crippen molar-refractivity contribution < 1.29 is 0 Å². The Hall–Kier alpha value is 0.200. The largest absolute Gasteiger partial charge is 0.309 e. The van der Waals surface area contributed by atoms with Gasteiger partial charge in [-0.2, -0.15) is 0 Å². The van der Waals surface area contributed by atoms with Crippen LogP contribution in [0.2, 0.25) is 9.36 Å². The van der Waals surface area contributed by atoms with Crippen molar-refractivity contribution >= 4 is 34.5 Å². The second-order valence-corrected chi connectivity index (χ2v) is 6.37. The molecule has 1 saturated heterocycles. The summed E-state index contributed by atoms with van der Waals surface area (Å²) in [5, 5.41) is 6.30. The summed E-state index contributed by atoms with van der Waals surface area (Å²) in [6.07, 6.45) is 0. The van der Waals surface area contributed by atoms with Crippen molar-refractivity contribution in [3.63, 3.8) is 0 Å². The summed E-state index contributed by atoms with van der Waals surface area (Å²) in [4.78, 5) is 2.43. The van der Waals surface area contributed by atoms with E-state index in [0.717, 1.165) is 30.2 Å². The van der Waals surface area contributed by atoms with Gasteiger partial charge in [0.25, 0.3) is 0 Å². The molecule has 2 rings (SSSR count). The maximum absolute atomic E-state index is 6.14. The van der Waals surface area contributed by atoms with Gasteiger partial charge < -0.3 is 5.32 Å². The normalized spacial score (nSPS) is 27.2. The molecule has 1 aliphatic heterocycles. The van der Waals surface area contributed by atoms with E-state index in [2.05, 4.69) is 29.4 Å². The lowest BCUT2D eigenvalue weighted by Gasteiger charge is -2.36. The maximum Gasteiger partial charge on any atom is 0.112 e. The van der Waals surface area contributed by atoms with E-state index in [9.17, 15) is 0 Å². The average Bonchev–Trinajstić information content (AvgIpc) is 2.48. The van der Waals surface area contributed by atoms with Crippen LogP contribution < -0.4 is 5.32 Å². The Kier molecular flexibility index (Phi) is 4.14. The number of piperazine rings is 1. The molecule has 0 radical (unpaired) electrons. The molecule has 16 heavy (non-hydrogen) atoms. The monoisotopic (exact) mass is 278 g/mol. The minimum Gasteiger partial charge on any atom is -0.309 e. The Morgan fingerprint density at radius 1 is 1.38 bits per heavy atom. The maximum atomic E-state index is 6.14. The predicted molar refractivity (Wildman–Crippen MR) is 71.7 cm³/mol. The molecule has 0 saturated carbocycles. The molecule has 0 amide bonds. The van der Waals surface area contributed by atoms with Crippen LogP contribution in [0.5, 0.6) is 0 Å². The van der Waals surface area contributed by atoms with Crippen molar-refractivity contribution in [3.8, 4) is 0 Å². The second-order valence-electron chi connectivity index (χ2n) is 4.51. The number of rotatable bonds is 2. The summed E-state index contributed by atoms with van der Waals surface area (Å²) < 4.78 is 0.702. The highest BCUT2D eigenvalue weighted by molar-refractivity contribution is 7.15. The number of thiophene rings is 1. The van der Waals surface area contributed by atoms with Crippen LogP contribution in [0.4, 0.5) is 0 Å². The molecule has 1 aliphatic rings. The van der Waals surface area contributed by atoms with Gasteiger partial charge in [-0.15, -0.1) is 11.3 Å². The second kappa shape index (κ2) is 5.23. The van der Waals surface area contributed by atoms with Crippen molar-refractivity contribution in [3.05, 3.63) is 20.3 Å². The molecular weight excluding hydrogens is 263 g/mol.